The average molecular weight is 525 g/mol. The topological polar surface area (TPSA) is 71.0 Å². The maximum atomic E-state index is 5.41. The number of nitrogens with one attached hydrogen (secondary N) is 2. The molecule has 1 aliphatic rings. The third-order valence-corrected chi connectivity index (χ3v) is 4.92. The van der Waals surface area contributed by atoms with E-state index in [1.807, 2.05) is 43.3 Å². The van der Waals surface area contributed by atoms with Crippen molar-refractivity contribution in [2.75, 3.05) is 38.8 Å². The van der Waals surface area contributed by atoms with Crippen LogP contribution in [0.4, 0.5) is 5.69 Å². The normalized spacial score (nSPS) is 16.1. The molecule has 2 N–H and O–H groups in total. The molecule has 1 atom stereocenters. The minimum atomic E-state index is 0. The molecule has 164 valence electrons. The first-order valence-electron chi connectivity index (χ1n) is 10.1. The van der Waals surface area contributed by atoms with E-state index in [0.717, 1.165) is 60.6 Å². The molecule has 0 radical (unpaired) electrons. The third kappa shape index (κ3) is 6.65. The Kier molecular flexibility index (Phi) is 9.48. The number of hydrogen-bond donors (Lipinski definition) is 2. The lowest BCUT2D eigenvalue weighted by atomic mass is 10.2. The first-order chi connectivity index (χ1) is 14.1. The molecule has 1 aliphatic heterocycles. The molecule has 0 saturated carbocycles. The lowest BCUT2D eigenvalue weighted by molar-refractivity contribution is 0.394. The fourth-order valence-corrected chi connectivity index (χ4v) is 3.45. The van der Waals surface area contributed by atoms with Gasteiger partial charge in [0.2, 0.25) is 0 Å². The number of aliphatic imine (C=N–C) groups is 1. The Morgan fingerprint density at radius 3 is 2.57 bits per heavy atom. The van der Waals surface area contributed by atoms with Gasteiger partial charge >= 0.3 is 0 Å². The number of anilines is 1. The van der Waals surface area contributed by atoms with Crippen molar-refractivity contribution in [1.29, 1.82) is 0 Å². The number of nitrogens with zero attached hydrogens (tertiary/aromatic N) is 3. The molecule has 0 spiro atoms. The van der Waals surface area contributed by atoms with Gasteiger partial charge in [-0.3, -0.25) is 4.98 Å². The fraction of sp³-hybridized carbons (Fsp3) is 0.455. The van der Waals surface area contributed by atoms with Crippen molar-refractivity contribution in [3.8, 4) is 11.5 Å². The van der Waals surface area contributed by atoms with E-state index in [0.29, 0.717) is 12.6 Å². The molecular weight excluding hydrogens is 493 g/mol. The smallest absolute Gasteiger partial charge is 0.191 e. The first-order valence-corrected chi connectivity index (χ1v) is 10.1. The molecule has 0 aliphatic carbocycles. The second-order valence-corrected chi connectivity index (χ2v) is 7.11. The van der Waals surface area contributed by atoms with Gasteiger partial charge in [-0.2, -0.15) is 0 Å². The molecule has 2 heterocycles. The molecule has 1 aromatic heterocycles. The van der Waals surface area contributed by atoms with E-state index < -0.39 is 0 Å². The van der Waals surface area contributed by atoms with Crippen molar-refractivity contribution in [3.63, 3.8) is 0 Å². The molecule has 3 rings (SSSR count). The summed E-state index contributed by atoms with van der Waals surface area (Å²) in [4.78, 5) is 11.6. The second-order valence-electron chi connectivity index (χ2n) is 7.11. The zero-order valence-corrected chi connectivity index (χ0v) is 20.5. The number of rotatable bonds is 7. The van der Waals surface area contributed by atoms with Crippen LogP contribution in [-0.2, 0) is 6.54 Å². The summed E-state index contributed by atoms with van der Waals surface area (Å²) in [5.74, 6) is 2.43. The molecule has 30 heavy (non-hydrogen) atoms. The highest BCUT2D eigenvalue weighted by molar-refractivity contribution is 14.0. The summed E-state index contributed by atoms with van der Waals surface area (Å²) in [6.45, 7) is 7.30. The predicted octanol–water partition coefficient (Wildman–Crippen LogP) is 3.36. The Hall–Kier alpha value is -2.23. The lowest BCUT2D eigenvalue weighted by Gasteiger charge is -2.21. The van der Waals surface area contributed by atoms with Gasteiger partial charge < -0.3 is 25.0 Å². The molecule has 1 saturated heterocycles. The van der Waals surface area contributed by atoms with Crippen molar-refractivity contribution in [2.45, 2.75) is 32.9 Å². The van der Waals surface area contributed by atoms with Gasteiger partial charge in [0.25, 0.3) is 0 Å². The van der Waals surface area contributed by atoms with Gasteiger partial charge in [0, 0.05) is 55.3 Å². The molecule has 2 aromatic rings. The van der Waals surface area contributed by atoms with E-state index in [-0.39, 0.29) is 24.0 Å². The minimum absolute atomic E-state index is 0. The molecule has 8 heteroatoms. The largest absolute Gasteiger partial charge is 0.497 e. The summed E-state index contributed by atoms with van der Waals surface area (Å²) in [6.07, 6.45) is 1.03. The van der Waals surface area contributed by atoms with Crippen LogP contribution in [0.1, 0.15) is 24.7 Å². The molecule has 0 bridgehead atoms. The van der Waals surface area contributed by atoms with E-state index in [1.54, 1.807) is 14.2 Å². The van der Waals surface area contributed by atoms with Crippen LogP contribution in [-0.4, -0.2) is 50.8 Å². The van der Waals surface area contributed by atoms with Gasteiger partial charge in [0.15, 0.2) is 5.96 Å². The molecule has 1 unspecified atom stereocenters. The monoisotopic (exact) mass is 525 g/mol. The quantitative estimate of drug-likeness (QED) is 0.328. The highest BCUT2D eigenvalue weighted by atomic mass is 127. The third-order valence-electron chi connectivity index (χ3n) is 4.92. The van der Waals surface area contributed by atoms with Gasteiger partial charge in [-0.15, -0.1) is 24.0 Å². The van der Waals surface area contributed by atoms with Crippen molar-refractivity contribution in [3.05, 3.63) is 47.8 Å². The van der Waals surface area contributed by atoms with Crippen LogP contribution < -0.4 is 25.0 Å². The number of hydrogen-bond acceptors (Lipinski definition) is 5. The van der Waals surface area contributed by atoms with E-state index in [9.17, 15) is 0 Å². The Morgan fingerprint density at radius 1 is 1.20 bits per heavy atom. The standard InChI is InChI=1S/C22H31N5O2.HI/c1-5-23-22(24-14-17-8-6-7-16(2)25-17)26-18-9-10-27(15-18)19-11-20(28-3)13-21(12-19)29-4;/h6-8,11-13,18H,5,9-10,14-15H2,1-4H3,(H2,23,24,26);1H. The zero-order chi connectivity index (χ0) is 20.6. The van der Waals surface area contributed by atoms with Crippen LogP contribution >= 0.6 is 24.0 Å². The van der Waals surface area contributed by atoms with Crippen molar-refractivity contribution < 1.29 is 9.47 Å². The Morgan fingerprint density at radius 2 is 1.93 bits per heavy atom. The van der Waals surface area contributed by atoms with Crippen LogP contribution in [0.3, 0.4) is 0 Å². The average Bonchev–Trinajstić information content (AvgIpc) is 3.20. The van der Waals surface area contributed by atoms with Crippen LogP contribution in [0.5, 0.6) is 11.5 Å². The Balaban J connectivity index is 0.00000320. The summed E-state index contributed by atoms with van der Waals surface area (Å²) in [7, 11) is 3.35. The van der Waals surface area contributed by atoms with Gasteiger partial charge in [-0.25, -0.2) is 4.99 Å². The summed E-state index contributed by atoms with van der Waals surface area (Å²) in [5, 5.41) is 6.90. The number of guanidine groups is 1. The Bertz CT molecular complexity index is 824. The number of methoxy groups -OCH3 is 2. The minimum Gasteiger partial charge on any atom is -0.497 e. The SMILES string of the molecule is CCNC(=NCc1cccc(C)n1)NC1CCN(c2cc(OC)cc(OC)c2)C1.I. The number of pyridine rings is 1. The number of ether oxygens (including phenoxy) is 2. The molecular formula is C22H32IN5O2. The lowest BCUT2D eigenvalue weighted by Crippen LogP contribution is -2.44. The Labute approximate surface area is 196 Å². The summed E-state index contributed by atoms with van der Waals surface area (Å²) < 4.78 is 10.8. The maximum Gasteiger partial charge on any atom is 0.191 e. The van der Waals surface area contributed by atoms with E-state index in [2.05, 4.69) is 27.4 Å². The zero-order valence-electron chi connectivity index (χ0n) is 18.1. The summed E-state index contributed by atoms with van der Waals surface area (Å²) in [6, 6.07) is 12.3. The van der Waals surface area contributed by atoms with Crippen molar-refractivity contribution in [2.24, 2.45) is 4.99 Å². The number of benzene rings is 1. The van der Waals surface area contributed by atoms with Gasteiger partial charge in [0.05, 0.1) is 26.5 Å². The molecule has 0 amide bonds. The van der Waals surface area contributed by atoms with Crippen molar-refractivity contribution in [1.82, 2.24) is 15.6 Å². The van der Waals surface area contributed by atoms with E-state index in [4.69, 9.17) is 14.5 Å². The highest BCUT2D eigenvalue weighted by Crippen LogP contribution is 2.30. The number of aromatic nitrogens is 1. The van der Waals surface area contributed by atoms with Gasteiger partial charge in [-0.05, 0) is 32.4 Å². The summed E-state index contributed by atoms with van der Waals surface area (Å²) >= 11 is 0. The van der Waals surface area contributed by atoms with Crippen LogP contribution in [0.2, 0.25) is 0 Å². The van der Waals surface area contributed by atoms with Crippen molar-refractivity contribution >= 4 is 35.6 Å². The molecule has 1 fully saturated rings. The predicted molar refractivity (Wildman–Crippen MR) is 133 cm³/mol. The van der Waals surface area contributed by atoms with Gasteiger partial charge in [0.1, 0.15) is 11.5 Å². The number of halogens is 1. The first kappa shape index (κ1) is 24.0. The van der Waals surface area contributed by atoms with Crippen LogP contribution in [0.15, 0.2) is 41.4 Å². The van der Waals surface area contributed by atoms with Crippen LogP contribution in [0.25, 0.3) is 0 Å². The van der Waals surface area contributed by atoms with E-state index in [1.165, 1.54) is 0 Å². The highest BCUT2D eigenvalue weighted by Gasteiger charge is 2.24. The second kappa shape index (κ2) is 11.8. The summed E-state index contributed by atoms with van der Waals surface area (Å²) in [5.41, 5.74) is 3.09. The molecule has 1 aromatic carbocycles. The molecule has 7 nitrogen and oxygen atoms in total. The maximum absolute atomic E-state index is 5.41. The van der Waals surface area contributed by atoms with Gasteiger partial charge in [-0.1, -0.05) is 6.07 Å². The van der Waals surface area contributed by atoms with E-state index >= 15 is 0 Å². The number of aryl methyl sites for hydroxylation is 1. The van der Waals surface area contributed by atoms with Crippen LogP contribution in [0, 0.1) is 6.92 Å². The fourth-order valence-electron chi connectivity index (χ4n) is 3.45.